The summed E-state index contributed by atoms with van der Waals surface area (Å²) in [4.78, 5) is 27.3. The van der Waals surface area contributed by atoms with Crippen LogP contribution in [0.4, 0.5) is 15.3 Å². The number of benzene rings is 2. The Labute approximate surface area is 200 Å². The molecule has 1 atom stereocenters. The molecule has 1 heterocycles. The lowest BCUT2D eigenvalue weighted by atomic mass is 9.92. The summed E-state index contributed by atoms with van der Waals surface area (Å²) < 4.78 is 16.4. The number of carbonyl (C=O) groups excluding carboxylic acids is 2. The molecule has 1 aliphatic rings. The smallest absolute Gasteiger partial charge is 0.322 e. The Morgan fingerprint density at radius 1 is 1.09 bits per heavy atom. The highest BCUT2D eigenvalue weighted by Gasteiger charge is 2.32. The van der Waals surface area contributed by atoms with Crippen LogP contribution in [0.1, 0.15) is 37.9 Å². The average Bonchev–Trinajstić information content (AvgIpc) is 2.82. The lowest BCUT2D eigenvalue weighted by Crippen LogP contribution is -2.49. The standard InChI is InChI=1S/C25H34N4O5/c1-6-34-19-9-7-18(8-10-19)28-25(31)29-12-11-17-13-22(32-4)23(33-5)14-20(17)21(29)15-26-24(30)27-16(2)3/h7-10,13-14,16,21H,6,11-12,15H2,1-5H3,(H,28,31)(H2,26,27,30)/t21-/m1/s1. The third-order valence-electron chi connectivity index (χ3n) is 5.56. The molecule has 0 aromatic heterocycles. The summed E-state index contributed by atoms with van der Waals surface area (Å²) in [6, 6.07) is 10.2. The van der Waals surface area contributed by atoms with Gasteiger partial charge in [0.15, 0.2) is 11.5 Å². The van der Waals surface area contributed by atoms with Crippen molar-refractivity contribution in [3.8, 4) is 17.2 Å². The number of nitrogens with zero attached hydrogens (tertiary/aromatic N) is 1. The predicted molar refractivity (Wildman–Crippen MR) is 131 cm³/mol. The zero-order chi connectivity index (χ0) is 24.7. The first-order chi connectivity index (χ1) is 16.4. The fourth-order valence-corrected chi connectivity index (χ4v) is 3.99. The minimum Gasteiger partial charge on any atom is -0.494 e. The summed E-state index contributed by atoms with van der Waals surface area (Å²) in [5, 5.41) is 8.68. The topological polar surface area (TPSA) is 101 Å². The second-order valence-corrected chi connectivity index (χ2v) is 8.26. The van der Waals surface area contributed by atoms with Gasteiger partial charge in [0.1, 0.15) is 5.75 Å². The van der Waals surface area contributed by atoms with E-state index in [1.54, 1.807) is 31.3 Å². The first-order valence-corrected chi connectivity index (χ1v) is 11.5. The molecule has 0 bridgehead atoms. The van der Waals surface area contributed by atoms with Crippen molar-refractivity contribution in [2.45, 2.75) is 39.3 Å². The Balaban J connectivity index is 1.85. The van der Waals surface area contributed by atoms with E-state index in [4.69, 9.17) is 14.2 Å². The van der Waals surface area contributed by atoms with Crippen molar-refractivity contribution < 1.29 is 23.8 Å². The average molecular weight is 471 g/mol. The van der Waals surface area contributed by atoms with Gasteiger partial charge in [0.25, 0.3) is 0 Å². The maximum Gasteiger partial charge on any atom is 0.322 e. The van der Waals surface area contributed by atoms with Gasteiger partial charge in [-0.3, -0.25) is 0 Å². The number of rotatable bonds is 8. The van der Waals surface area contributed by atoms with Crippen molar-refractivity contribution in [2.75, 3.05) is 39.2 Å². The van der Waals surface area contributed by atoms with Crippen LogP contribution in [-0.4, -0.2) is 56.9 Å². The number of fused-ring (bicyclic) bond motifs is 1. The van der Waals surface area contributed by atoms with Crippen LogP contribution in [0.25, 0.3) is 0 Å². The fourth-order valence-electron chi connectivity index (χ4n) is 3.99. The minimum atomic E-state index is -0.385. The van der Waals surface area contributed by atoms with Gasteiger partial charge in [-0.05, 0) is 74.7 Å². The molecule has 4 amide bonds. The summed E-state index contributed by atoms with van der Waals surface area (Å²) in [6.07, 6.45) is 0.654. The number of ether oxygens (including phenoxy) is 3. The zero-order valence-electron chi connectivity index (χ0n) is 20.4. The third-order valence-corrected chi connectivity index (χ3v) is 5.56. The number of hydrogen-bond acceptors (Lipinski definition) is 5. The Morgan fingerprint density at radius 3 is 2.38 bits per heavy atom. The van der Waals surface area contributed by atoms with E-state index < -0.39 is 0 Å². The molecule has 0 saturated carbocycles. The third kappa shape index (κ3) is 6.03. The van der Waals surface area contributed by atoms with Gasteiger partial charge < -0.3 is 35.1 Å². The molecule has 2 aromatic carbocycles. The van der Waals surface area contributed by atoms with E-state index in [1.807, 2.05) is 45.0 Å². The summed E-state index contributed by atoms with van der Waals surface area (Å²) in [7, 11) is 3.17. The monoisotopic (exact) mass is 470 g/mol. The molecule has 1 aliphatic heterocycles. The van der Waals surface area contributed by atoms with Crippen LogP contribution in [0.2, 0.25) is 0 Å². The van der Waals surface area contributed by atoms with Crippen LogP contribution >= 0.6 is 0 Å². The molecule has 0 unspecified atom stereocenters. The van der Waals surface area contributed by atoms with Crippen LogP contribution in [-0.2, 0) is 6.42 Å². The second kappa shape index (κ2) is 11.5. The van der Waals surface area contributed by atoms with E-state index in [0.29, 0.717) is 36.8 Å². The van der Waals surface area contributed by atoms with E-state index in [0.717, 1.165) is 16.9 Å². The van der Waals surface area contributed by atoms with Crippen molar-refractivity contribution in [3.63, 3.8) is 0 Å². The highest BCUT2D eigenvalue weighted by atomic mass is 16.5. The first-order valence-electron chi connectivity index (χ1n) is 11.5. The molecule has 184 valence electrons. The number of nitrogens with one attached hydrogen (secondary N) is 3. The highest BCUT2D eigenvalue weighted by molar-refractivity contribution is 5.90. The number of amides is 4. The Bertz CT molecular complexity index is 994. The molecular weight excluding hydrogens is 436 g/mol. The van der Waals surface area contributed by atoms with Gasteiger partial charge in [-0.15, -0.1) is 0 Å². The molecular formula is C25H34N4O5. The van der Waals surface area contributed by atoms with Gasteiger partial charge in [0.05, 0.1) is 26.9 Å². The van der Waals surface area contributed by atoms with Gasteiger partial charge in [0, 0.05) is 24.8 Å². The van der Waals surface area contributed by atoms with Gasteiger partial charge in [-0.1, -0.05) is 0 Å². The number of carbonyl (C=O) groups is 2. The number of anilines is 1. The first kappa shape index (κ1) is 25.0. The fraction of sp³-hybridized carbons (Fsp3) is 0.440. The largest absolute Gasteiger partial charge is 0.494 e. The Hall–Kier alpha value is -3.62. The predicted octanol–water partition coefficient (Wildman–Crippen LogP) is 3.94. The van der Waals surface area contributed by atoms with Crippen LogP contribution in [0.3, 0.4) is 0 Å². The van der Waals surface area contributed by atoms with Crippen molar-refractivity contribution in [2.24, 2.45) is 0 Å². The van der Waals surface area contributed by atoms with E-state index >= 15 is 0 Å². The van der Waals surface area contributed by atoms with Gasteiger partial charge in [-0.25, -0.2) is 9.59 Å². The maximum absolute atomic E-state index is 13.3. The van der Waals surface area contributed by atoms with E-state index in [9.17, 15) is 9.59 Å². The molecule has 3 rings (SSSR count). The lowest BCUT2D eigenvalue weighted by molar-refractivity contribution is 0.179. The highest BCUT2D eigenvalue weighted by Crippen LogP contribution is 2.38. The van der Waals surface area contributed by atoms with Crippen molar-refractivity contribution in [3.05, 3.63) is 47.5 Å². The molecule has 34 heavy (non-hydrogen) atoms. The van der Waals surface area contributed by atoms with Crippen molar-refractivity contribution in [1.29, 1.82) is 0 Å². The molecule has 0 radical (unpaired) electrons. The SMILES string of the molecule is CCOc1ccc(NC(=O)N2CCc3cc(OC)c(OC)cc3[C@H]2CNC(=O)NC(C)C)cc1. The quantitative estimate of drug-likeness (QED) is 0.543. The molecule has 2 aromatic rings. The molecule has 9 nitrogen and oxygen atoms in total. The molecule has 0 spiro atoms. The lowest BCUT2D eigenvalue weighted by Gasteiger charge is -2.38. The second-order valence-electron chi connectivity index (χ2n) is 8.26. The van der Waals surface area contributed by atoms with Gasteiger partial charge in [-0.2, -0.15) is 0 Å². The maximum atomic E-state index is 13.3. The van der Waals surface area contributed by atoms with Crippen molar-refractivity contribution in [1.82, 2.24) is 15.5 Å². The summed E-state index contributed by atoms with van der Waals surface area (Å²) in [6.45, 7) is 7.02. The van der Waals surface area contributed by atoms with Crippen LogP contribution in [0.5, 0.6) is 17.2 Å². The normalized spacial score (nSPS) is 14.8. The summed E-state index contributed by atoms with van der Waals surface area (Å²) in [5.74, 6) is 1.95. The van der Waals surface area contributed by atoms with Gasteiger partial charge >= 0.3 is 12.1 Å². The number of hydrogen-bond donors (Lipinski definition) is 3. The molecule has 0 aliphatic carbocycles. The molecule has 9 heteroatoms. The minimum absolute atomic E-state index is 0.00191. The zero-order valence-corrected chi connectivity index (χ0v) is 20.4. The van der Waals surface area contributed by atoms with E-state index in [2.05, 4.69) is 16.0 Å². The number of methoxy groups -OCH3 is 2. The summed E-state index contributed by atoms with van der Waals surface area (Å²) in [5.41, 5.74) is 2.63. The molecule has 3 N–H and O–H groups in total. The van der Waals surface area contributed by atoms with E-state index in [1.165, 1.54) is 0 Å². The molecule has 0 saturated heterocycles. The van der Waals surface area contributed by atoms with Crippen molar-refractivity contribution >= 4 is 17.7 Å². The van der Waals surface area contributed by atoms with Crippen LogP contribution in [0.15, 0.2) is 36.4 Å². The van der Waals surface area contributed by atoms with Gasteiger partial charge in [0.2, 0.25) is 0 Å². The Morgan fingerprint density at radius 2 is 1.76 bits per heavy atom. The van der Waals surface area contributed by atoms with Crippen LogP contribution in [0, 0.1) is 0 Å². The molecule has 0 fully saturated rings. The Kier molecular flexibility index (Phi) is 8.45. The van der Waals surface area contributed by atoms with Crippen LogP contribution < -0.4 is 30.2 Å². The number of urea groups is 2. The van der Waals surface area contributed by atoms with E-state index in [-0.39, 0.29) is 30.7 Å². The summed E-state index contributed by atoms with van der Waals surface area (Å²) >= 11 is 0.